The number of likely N-dealkylation sites (N-methyl/N-ethyl adjacent to an activating group) is 1. The van der Waals surface area contributed by atoms with Gasteiger partial charge in [-0.25, -0.2) is 18.4 Å². The molecule has 0 aliphatic heterocycles. The number of hydrogen-bond donors (Lipinski definition) is 1. The van der Waals surface area contributed by atoms with Crippen molar-refractivity contribution in [3.63, 3.8) is 0 Å². The zero-order valence-corrected chi connectivity index (χ0v) is 13.9. The van der Waals surface area contributed by atoms with Gasteiger partial charge in [0.05, 0.1) is 10.5 Å². The first-order valence-corrected chi connectivity index (χ1v) is 8.42. The van der Waals surface area contributed by atoms with Gasteiger partial charge in [-0.2, -0.15) is 0 Å². The maximum Gasteiger partial charge on any atom is 0.338 e. The van der Waals surface area contributed by atoms with Crippen molar-refractivity contribution in [2.45, 2.75) is 18.7 Å². The monoisotopic (exact) mass is 340 g/mol. The Hall–Kier alpha value is -2.19. The highest BCUT2D eigenvalue weighted by molar-refractivity contribution is 7.89. The fraction of sp³-hybridized carbons (Fsp3) is 0.333. The third kappa shape index (κ3) is 5.84. The van der Waals surface area contributed by atoms with Crippen molar-refractivity contribution < 1.29 is 22.7 Å². The highest BCUT2D eigenvalue weighted by Crippen LogP contribution is 2.10. The van der Waals surface area contributed by atoms with E-state index in [0.717, 1.165) is 5.57 Å². The minimum Gasteiger partial charge on any atom is -0.452 e. The largest absolute Gasteiger partial charge is 0.452 e. The van der Waals surface area contributed by atoms with E-state index in [4.69, 9.17) is 9.88 Å². The van der Waals surface area contributed by atoms with Gasteiger partial charge in [0.1, 0.15) is 0 Å². The van der Waals surface area contributed by atoms with Crippen molar-refractivity contribution in [3.8, 4) is 0 Å². The minimum absolute atomic E-state index is 0.108. The predicted molar refractivity (Wildman–Crippen MR) is 85.2 cm³/mol. The molecule has 0 unspecified atom stereocenters. The Balaban J connectivity index is 2.66. The lowest BCUT2D eigenvalue weighted by molar-refractivity contribution is -0.133. The summed E-state index contributed by atoms with van der Waals surface area (Å²) in [7, 11) is -3.82. The molecule has 1 rings (SSSR count). The summed E-state index contributed by atoms with van der Waals surface area (Å²) in [5, 5.41) is 4.97. The molecule has 1 aromatic rings. The molecular formula is C15H20N2O5S. The van der Waals surface area contributed by atoms with Gasteiger partial charge in [0.25, 0.3) is 5.91 Å². The lowest BCUT2D eigenvalue weighted by Gasteiger charge is -2.20. The van der Waals surface area contributed by atoms with E-state index in [9.17, 15) is 18.0 Å². The fourth-order valence-electron chi connectivity index (χ4n) is 1.78. The Kier molecular flexibility index (Phi) is 6.47. The predicted octanol–water partition coefficient (Wildman–Crippen LogP) is 0.915. The van der Waals surface area contributed by atoms with Crippen LogP contribution in [0.3, 0.4) is 0 Å². The Labute approximate surface area is 135 Å². The Morgan fingerprint density at radius 2 is 1.83 bits per heavy atom. The van der Waals surface area contributed by atoms with E-state index in [1.807, 2.05) is 6.92 Å². The van der Waals surface area contributed by atoms with Crippen LogP contribution in [0, 0.1) is 0 Å². The minimum atomic E-state index is -3.82. The molecule has 2 N–H and O–H groups in total. The van der Waals surface area contributed by atoms with Crippen molar-refractivity contribution in [1.82, 2.24) is 4.90 Å². The lowest BCUT2D eigenvalue weighted by Crippen LogP contribution is -2.35. The molecule has 23 heavy (non-hydrogen) atoms. The van der Waals surface area contributed by atoms with Gasteiger partial charge >= 0.3 is 5.97 Å². The SMILES string of the molecule is C=C(C)CN(CC)C(=O)COC(=O)c1ccc(S(N)(=O)=O)cc1. The van der Waals surface area contributed by atoms with Crippen LogP contribution in [0.25, 0.3) is 0 Å². The number of carbonyl (C=O) groups is 2. The second-order valence-corrected chi connectivity index (χ2v) is 6.57. The van der Waals surface area contributed by atoms with E-state index < -0.39 is 22.6 Å². The number of benzene rings is 1. The molecule has 0 aliphatic rings. The van der Waals surface area contributed by atoms with Gasteiger partial charge in [0.2, 0.25) is 10.0 Å². The number of primary sulfonamides is 1. The topological polar surface area (TPSA) is 107 Å². The highest BCUT2D eigenvalue weighted by atomic mass is 32.2. The molecule has 8 heteroatoms. The van der Waals surface area contributed by atoms with E-state index in [-0.39, 0.29) is 16.4 Å². The first kappa shape index (κ1) is 18.9. The van der Waals surface area contributed by atoms with Crippen molar-refractivity contribution >= 4 is 21.9 Å². The average Bonchev–Trinajstić information content (AvgIpc) is 2.49. The number of esters is 1. The molecule has 7 nitrogen and oxygen atoms in total. The van der Waals surface area contributed by atoms with E-state index >= 15 is 0 Å². The Bertz CT molecular complexity index is 695. The summed E-state index contributed by atoms with van der Waals surface area (Å²) in [6, 6.07) is 4.95. The first-order chi connectivity index (χ1) is 10.6. The summed E-state index contributed by atoms with van der Waals surface area (Å²) in [5.41, 5.74) is 0.957. The van der Waals surface area contributed by atoms with Gasteiger partial charge in [0, 0.05) is 13.1 Å². The maximum atomic E-state index is 11.9. The molecule has 1 aromatic carbocycles. The number of hydrogen-bond acceptors (Lipinski definition) is 5. The van der Waals surface area contributed by atoms with E-state index in [1.165, 1.54) is 29.2 Å². The van der Waals surface area contributed by atoms with Crippen LogP contribution in [-0.2, 0) is 19.6 Å². The molecule has 1 amide bonds. The summed E-state index contributed by atoms with van der Waals surface area (Å²) in [6.45, 7) is 7.84. The summed E-state index contributed by atoms with van der Waals surface area (Å²) in [4.78, 5) is 25.2. The number of amides is 1. The number of ether oxygens (including phenoxy) is 1. The van der Waals surface area contributed by atoms with E-state index in [2.05, 4.69) is 6.58 Å². The van der Waals surface area contributed by atoms with Crippen molar-refractivity contribution in [2.24, 2.45) is 5.14 Å². The molecule has 0 fully saturated rings. The van der Waals surface area contributed by atoms with Crippen LogP contribution in [0.5, 0.6) is 0 Å². The lowest BCUT2D eigenvalue weighted by atomic mass is 10.2. The molecule has 0 atom stereocenters. The smallest absolute Gasteiger partial charge is 0.338 e. The molecule has 126 valence electrons. The van der Waals surface area contributed by atoms with Crippen LogP contribution < -0.4 is 5.14 Å². The molecule has 0 saturated heterocycles. The average molecular weight is 340 g/mol. The van der Waals surface area contributed by atoms with Crippen LogP contribution in [0.4, 0.5) is 0 Å². The number of rotatable bonds is 7. The number of nitrogens with two attached hydrogens (primary N) is 1. The standard InChI is InChI=1S/C15H20N2O5S/c1-4-17(9-11(2)3)14(18)10-22-15(19)12-5-7-13(8-6-12)23(16,20)21/h5-8H,2,4,9-10H2,1,3H3,(H2,16,20,21). The molecule has 0 aliphatic carbocycles. The highest BCUT2D eigenvalue weighted by Gasteiger charge is 2.16. The van der Waals surface area contributed by atoms with E-state index in [0.29, 0.717) is 13.1 Å². The molecule has 0 bridgehead atoms. The number of nitrogens with zero attached hydrogens (tertiary/aromatic N) is 1. The maximum absolute atomic E-state index is 11.9. The Morgan fingerprint density at radius 3 is 2.26 bits per heavy atom. The van der Waals surface area contributed by atoms with Gasteiger partial charge < -0.3 is 9.64 Å². The summed E-state index contributed by atoms with van der Waals surface area (Å²) < 4.78 is 27.2. The summed E-state index contributed by atoms with van der Waals surface area (Å²) >= 11 is 0. The fourth-order valence-corrected chi connectivity index (χ4v) is 2.30. The van der Waals surface area contributed by atoms with Crippen LogP contribution >= 0.6 is 0 Å². The molecule has 0 aromatic heterocycles. The number of sulfonamides is 1. The van der Waals surface area contributed by atoms with Gasteiger partial charge in [-0.15, -0.1) is 0 Å². The second kappa shape index (κ2) is 7.89. The van der Waals surface area contributed by atoms with Gasteiger partial charge in [-0.05, 0) is 38.1 Å². The molecule has 0 radical (unpaired) electrons. The summed E-state index contributed by atoms with van der Waals surface area (Å²) in [5.74, 6) is -1.05. The third-order valence-corrected chi connectivity index (χ3v) is 3.87. The first-order valence-electron chi connectivity index (χ1n) is 6.87. The zero-order chi connectivity index (χ0) is 17.6. The molecule has 0 heterocycles. The van der Waals surface area contributed by atoms with Crippen LogP contribution in [-0.4, -0.2) is 44.9 Å². The number of carbonyl (C=O) groups excluding carboxylic acids is 2. The third-order valence-electron chi connectivity index (χ3n) is 2.94. The van der Waals surface area contributed by atoms with Gasteiger partial charge in [0.15, 0.2) is 6.61 Å². The van der Waals surface area contributed by atoms with Crippen LogP contribution in [0.15, 0.2) is 41.3 Å². The molecule has 0 spiro atoms. The molecule has 0 saturated carbocycles. The normalized spacial score (nSPS) is 10.9. The van der Waals surface area contributed by atoms with Crippen molar-refractivity contribution in [2.75, 3.05) is 19.7 Å². The van der Waals surface area contributed by atoms with Crippen LogP contribution in [0.2, 0.25) is 0 Å². The summed E-state index contributed by atoms with van der Waals surface area (Å²) in [6.07, 6.45) is 0. The van der Waals surface area contributed by atoms with Crippen molar-refractivity contribution in [1.29, 1.82) is 0 Å². The van der Waals surface area contributed by atoms with Crippen LogP contribution in [0.1, 0.15) is 24.2 Å². The Morgan fingerprint density at radius 1 is 1.26 bits per heavy atom. The van der Waals surface area contributed by atoms with Gasteiger partial charge in [-0.1, -0.05) is 12.2 Å². The molecular weight excluding hydrogens is 320 g/mol. The second-order valence-electron chi connectivity index (χ2n) is 5.01. The van der Waals surface area contributed by atoms with Gasteiger partial charge in [-0.3, -0.25) is 4.79 Å². The van der Waals surface area contributed by atoms with Crippen molar-refractivity contribution in [3.05, 3.63) is 42.0 Å². The van der Waals surface area contributed by atoms with E-state index in [1.54, 1.807) is 6.92 Å². The zero-order valence-electron chi connectivity index (χ0n) is 13.1. The quantitative estimate of drug-likeness (QED) is 0.586.